The fourth-order valence-electron chi connectivity index (χ4n) is 1.25. The van der Waals surface area contributed by atoms with Crippen molar-refractivity contribution in [2.24, 2.45) is 5.92 Å². The summed E-state index contributed by atoms with van der Waals surface area (Å²) in [5, 5.41) is 11.9. The molecule has 0 radical (unpaired) electrons. The molecule has 3 nitrogen and oxygen atoms in total. The SMILES string of the molecule is CCC(CC)NC(=O)C(C)SCC(C)CO. The van der Waals surface area contributed by atoms with E-state index >= 15 is 0 Å². The molecule has 0 aromatic carbocycles. The summed E-state index contributed by atoms with van der Waals surface area (Å²) in [7, 11) is 0. The molecule has 0 aromatic rings. The molecule has 0 aliphatic heterocycles. The van der Waals surface area contributed by atoms with Gasteiger partial charge in [0.25, 0.3) is 0 Å². The van der Waals surface area contributed by atoms with Crippen LogP contribution in [0, 0.1) is 5.92 Å². The van der Waals surface area contributed by atoms with Gasteiger partial charge in [-0.3, -0.25) is 4.79 Å². The second-order valence-electron chi connectivity index (χ2n) is 4.29. The number of nitrogens with one attached hydrogen (secondary N) is 1. The van der Waals surface area contributed by atoms with Crippen LogP contribution in [0.15, 0.2) is 0 Å². The second kappa shape index (κ2) is 8.88. The first kappa shape index (κ1) is 15.8. The molecule has 0 aliphatic carbocycles. The summed E-state index contributed by atoms with van der Waals surface area (Å²) in [5.74, 6) is 1.20. The maximum absolute atomic E-state index is 11.8. The van der Waals surface area contributed by atoms with Gasteiger partial charge in [0.05, 0.1) is 5.25 Å². The molecule has 0 spiro atoms. The van der Waals surface area contributed by atoms with E-state index in [1.54, 1.807) is 11.8 Å². The first-order valence-electron chi connectivity index (χ1n) is 6.07. The minimum absolute atomic E-state index is 0.0328. The summed E-state index contributed by atoms with van der Waals surface area (Å²) in [6.45, 7) is 8.26. The van der Waals surface area contributed by atoms with Gasteiger partial charge >= 0.3 is 0 Å². The number of hydrogen-bond donors (Lipinski definition) is 2. The third-order valence-corrected chi connectivity index (χ3v) is 4.12. The summed E-state index contributed by atoms with van der Waals surface area (Å²) in [6, 6.07) is 0.297. The number of rotatable bonds is 8. The Labute approximate surface area is 103 Å². The van der Waals surface area contributed by atoms with E-state index in [-0.39, 0.29) is 23.7 Å². The third kappa shape index (κ3) is 6.38. The lowest BCUT2D eigenvalue weighted by molar-refractivity contribution is -0.121. The lowest BCUT2D eigenvalue weighted by atomic mass is 10.2. The maximum Gasteiger partial charge on any atom is 0.233 e. The van der Waals surface area contributed by atoms with Gasteiger partial charge < -0.3 is 10.4 Å². The number of carbonyl (C=O) groups excluding carboxylic acids is 1. The molecule has 0 saturated carbocycles. The van der Waals surface area contributed by atoms with Crippen LogP contribution in [-0.4, -0.2) is 34.7 Å². The summed E-state index contributed by atoms with van der Waals surface area (Å²) in [4.78, 5) is 11.8. The molecule has 16 heavy (non-hydrogen) atoms. The summed E-state index contributed by atoms with van der Waals surface area (Å²) >= 11 is 1.61. The Morgan fingerprint density at radius 1 is 1.31 bits per heavy atom. The number of aliphatic hydroxyl groups is 1. The summed E-state index contributed by atoms with van der Waals surface area (Å²) in [5.41, 5.74) is 0. The van der Waals surface area contributed by atoms with E-state index in [2.05, 4.69) is 19.2 Å². The van der Waals surface area contributed by atoms with E-state index in [0.717, 1.165) is 18.6 Å². The van der Waals surface area contributed by atoms with Crippen molar-refractivity contribution in [3.05, 3.63) is 0 Å². The van der Waals surface area contributed by atoms with Gasteiger partial charge in [-0.1, -0.05) is 20.8 Å². The number of aliphatic hydroxyl groups excluding tert-OH is 1. The van der Waals surface area contributed by atoms with Crippen molar-refractivity contribution in [2.75, 3.05) is 12.4 Å². The second-order valence-corrected chi connectivity index (χ2v) is 5.66. The Bertz CT molecular complexity index is 195. The van der Waals surface area contributed by atoms with Crippen molar-refractivity contribution in [2.45, 2.75) is 51.8 Å². The largest absolute Gasteiger partial charge is 0.396 e. The number of hydrogen-bond acceptors (Lipinski definition) is 3. The molecular formula is C12H25NO2S. The van der Waals surface area contributed by atoms with Crippen LogP contribution in [0.3, 0.4) is 0 Å². The molecule has 0 rings (SSSR count). The Morgan fingerprint density at radius 2 is 1.88 bits per heavy atom. The average molecular weight is 247 g/mol. The molecular weight excluding hydrogens is 222 g/mol. The Kier molecular flexibility index (Phi) is 8.76. The van der Waals surface area contributed by atoms with Crippen LogP contribution < -0.4 is 5.32 Å². The van der Waals surface area contributed by atoms with Crippen LogP contribution in [0.5, 0.6) is 0 Å². The van der Waals surface area contributed by atoms with Gasteiger partial charge in [0.1, 0.15) is 0 Å². The van der Waals surface area contributed by atoms with Crippen LogP contribution in [0.4, 0.5) is 0 Å². The average Bonchev–Trinajstić information content (AvgIpc) is 2.31. The van der Waals surface area contributed by atoms with Gasteiger partial charge in [0.2, 0.25) is 5.91 Å². The fourth-order valence-corrected chi connectivity index (χ4v) is 2.19. The highest BCUT2D eigenvalue weighted by molar-refractivity contribution is 8.00. The van der Waals surface area contributed by atoms with Crippen LogP contribution in [0.2, 0.25) is 0 Å². The highest BCUT2D eigenvalue weighted by atomic mass is 32.2. The zero-order valence-electron chi connectivity index (χ0n) is 10.8. The van der Waals surface area contributed by atoms with Crippen LogP contribution in [-0.2, 0) is 4.79 Å². The predicted molar refractivity (Wildman–Crippen MR) is 70.7 cm³/mol. The van der Waals surface area contributed by atoms with Crippen molar-refractivity contribution < 1.29 is 9.90 Å². The van der Waals surface area contributed by atoms with Crippen LogP contribution >= 0.6 is 11.8 Å². The van der Waals surface area contributed by atoms with Crippen LogP contribution in [0.25, 0.3) is 0 Å². The minimum Gasteiger partial charge on any atom is -0.396 e. The molecule has 4 heteroatoms. The van der Waals surface area contributed by atoms with Gasteiger partial charge in [0.15, 0.2) is 0 Å². The normalized spacial score (nSPS) is 14.9. The molecule has 0 heterocycles. The Hall–Kier alpha value is -0.220. The van der Waals surface area contributed by atoms with Crippen molar-refractivity contribution in [3.63, 3.8) is 0 Å². The number of thioether (sulfide) groups is 1. The van der Waals surface area contributed by atoms with Gasteiger partial charge in [-0.05, 0) is 31.4 Å². The number of carbonyl (C=O) groups is 1. The maximum atomic E-state index is 11.8. The highest BCUT2D eigenvalue weighted by Crippen LogP contribution is 2.15. The van der Waals surface area contributed by atoms with E-state index in [9.17, 15) is 4.79 Å². The number of amides is 1. The van der Waals surface area contributed by atoms with Gasteiger partial charge in [0, 0.05) is 12.6 Å². The molecule has 2 unspecified atom stereocenters. The highest BCUT2D eigenvalue weighted by Gasteiger charge is 2.16. The van der Waals surface area contributed by atoms with E-state index in [1.807, 2.05) is 13.8 Å². The predicted octanol–water partition coefficient (Wildman–Crippen LogP) is 2.04. The molecule has 2 N–H and O–H groups in total. The monoisotopic (exact) mass is 247 g/mol. The lowest BCUT2D eigenvalue weighted by Gasteiger charge is -2.19. The fraction of sp³-hybridized carbons (Fsp3) is 0.917. The zero-order chi connectivity index (χ0) is 12.6. The van der Waals surface area contributed by atoms with E-state index in [4.69, 9.17) is 5.11 Å². The first-order chi connectivity index (χ1) is 7.54. The minimum atomic E-state index is -0.0328. The molecule has 2 atom stereocenters. The van der Waals surface area contributed by atoms with Gasteiger partial charge in [-0.2, -0.15) is 0 Å². The summed E-state index contributed by atoms with van der Waals surface area (Å²) < 4.78 is 0. The summed E-state index contributed by atoms with van der Waals surface area (Å²) in [6.07, 6.45) is 1.96. The van der Waals surface area contributed by atoms with Crippen molar-refractivity contribution in [1.82, 2.24) is 5.32 Å². The van der Waals surface area contributed by atoms with Crippen molar-refractivity contribution in [1.29, 1.82) is 0 Å². The smallest absolute Gasteiger partial charge is 0.233 e. The third-order valence-electron chi connectivity index (χ3n) is 2.64. The van der Waals surface area contributed by atoms with Gasteiger partial charge in [-0.25, -0.2) is 0 Å². The molecule has 0 saturated heterocycles. The van der Waals surface area contributed by atoms with E-state index in [0.29, 0.717) is 6.04 Å². The molecule has 0 aliphatic rings. The Balaban J connectivity index is 3.89. The molecule has 0 aromatic heterocycles. The Morgan fingerprint density at radius 3 is 2.31 bits per heavy atom. The molecule has 96 valence electrons. The lowest BCUT2D eigenvalue weighted by Crippen LogP contribution is -2.38. The first-order valence-corrected chi connectivity index (χ1v) is 7.12. The zero-order valence-corrected chi connectivity index (χ0v) is 11.6. The van der Waals surface area contributed by atoms with Crippen molar-refractivity contribution >= 4 is 17.7 Å². The van der Waals surface area contributed by atoms with E-state index < -0.39 is 0 Å². The standard InChI is InChI=1S/C12H25NO2S/c1-5-11(6-2)13-12(15)10(4)16-8-9(3)7-14/h9-11,14H,5-8H2,1-4H3,(H,13,15). The van der Waals surface area contributed by atoms with Gasteiger partial charge in [-0.15, -0.1) is 11.8 Å². The van der Waals surface area contributed by atoms with E-state index in [1.165, 1.54) is 0 Å². The molecule has 0 fully saturated rings. The van der Waals surface area contributed by atoms with Crippen LogP contribution in [0.1, 0.15) is 40.5 Å². The topological polar surface area (TPSA) is 49.3 Å². The molecule has 0 bridgehead atoms. The van der Waals surface area contributed by atoms with Crippen molar-refractivity contribution in [3.8, 4) is 0 Å². The quantitative estimate of drug-likeness (QED) is 0.690. The molecule has 1 amide bonds.